The molecule has 3 rings (SSSR count). The van der Waals surface area contributed by atoms with Gasteiger partial charge in [-0.2, -0.15) is 0 Å². The largest absolute Gasteiger partial charge is 0.444 e. The Balaban J connectivity index is 1.74. The number of hydrogen-bond acceptors (Lipinski definition) is 8. The van der Waals surface area contributed by atoms with Gasteiger partial charge in [0.05, 0.1) is 17.4 Å². The summed E-state index contributed by atoms with van der Waals surface area (Å²) in [6.45, 7) is 11.6. The van der Waals surface area contributed by atoms with E-state index in [1.807, 2.05) is 0 Å². The Hall–Kier alpha value is -2.93. The fourth-order valence-electron chi connectivity index (χ4n) is 4.46. The summed E-state index contributed by atoms with van der Waals surface area (Å²) in [6.07, 6.45) is 3.14. The van der Waals surface area contributed by atoms with Crippen molar-refractivity contribution in [3.8, 4) is 0 Å². The summed E-state index contributed by atoms with van der Waals surface area (Å²) in [5, 5.41) is 15.3. The first kappa shape index (κ1) is 28.6. The molecular formula is C24H36N4O8S. The molecule has 0 aromatic carbocycles. The van der Waals surface area contributed by atoms with Gasteiger partial charge >= 0.3 is 6.09 Å². The lowest BCUT2D eigenvalue weighted by Crippen LogP contribution is -2.57. The van der Waals surface area contributed by atoms with Crippen LogP contribution in [0, 0.1) is 5.92 Å². The van der Waals surface area contributed by atoms with Crippen molar-refractivity contribution in [3.63, 3.8) is 0 Å². The molecule has 1 heterocycles. The molecule has 37 heavy (non-hydrogen) atoms. The number of nitrogens with zero attached hydrogens (tertiary/aromatic N) is 1. The van der Waals surface area contributed by atoms with Crippen LogP contribution >= 0.6 is 0 Å². The van der Waals surface area contributed by atoms with Gasteiger partial charge < -0.3 is 25.4 Å². The maximum absolute atomic E-state index is 13.4. The average Bonchev–Trinajstić information content (AvgIpc) is 3.68. The van der Waals surface area contributed by atoms with E-state index in [1.54, 1.807) is 20.8 Å². The number of β-amino-alcohol motifs (C(OH)–C–C–N with tert-alkyl or cyclic N) is 1. The van der Waals surface area contributed by atoms with Gasteiger partial charge in [0.2, 0.25) is 21.8 Å². The van der Waals surface area contributed by atoms with Crippen LogP contribution in [0.5, 0.6) is 0 Å². The topological polar surface area (TPSA) is 171 Å². The van der Waals surface area contributed by atoms with Crippen molar-refractivity contribution in [3.05, 3.63) is 25.3 Å². The Morgan fingerprint density at radius 1 is 1.16 bits per heavy atom. The number of ether oxygens (including phenoxy) is 1. The van der Waals surface area contributed by atoms with Crippen LogP contribution in [0.4, 0.5) is 4.79 Å². The van der Waals surface area contributed by atoms with E-state index in [4.69, 9.17) is 4.74 Å². The van der Waals surface area contributed by atoms with E-state index in [2.05, 4.69) is 28.5 Å². The number of rotatable bonds is 10. The summed E-state index contributed by atoms with van der Waals surface area (Å²) in [5.74, 6) is -2.73. The molecule has 0 aromatic rings. The number of sulfonamides is 1. The predicted octanol–water partition coefficient (Wildman–Crippen LogP) is 0.0885. The molecule has 0 bridgehead atoms. The minimum atomic E-state index is -3.85. The second-order valence-electron chi connectivity index (χ2n) is 11.0. The van der Waals surface area contributed by atoms with Gasteiger partial charge in [0, 0.05) is 12.3 Å². The summed E-state index contributed by atoms with van der Waals surface area (Å²) in [6, 6.07) is -1.17. The van der Waals surface area contributed by atoms with Crippen LogP contribution in [0.3, 0.4) is 0 Å². The normalized spacial score (nSPS) is 29.1. The van der Waals surface area contributed by atoms with Crippen molar-refractivity contribution in [1.82, 2.24) is 20.3 Å². The lowest BCUT2D eigenvalue weighted by atomic mass is 9.96. The van der Waals surface area contributed by atoms with Crippen molar-refractivity contribution < 1.29 is 37.4 Å². The number of nitrogens with one attached hydrogen (secondary N) is 3. The van der Waals surface area contributed by atoms with Crippen LogP contribution < -0.4 is 15.4 Å². The maximum atomic E-state index is 13.4. The number of likely N-dealkylation sites (tertiary alicyclic amines) is 1. The maximum Gasteiger partial charge on any atom is 0.408 e. The van der Waals surface area contributed by atoms with E-state index in [0.29, 0.717) is 12.8 Å². The summed E-state index contributed by atoms with van der Waals surface area (Å²) in [4.78, 5) is 52.5. The first-order valence-corrected chi connectivity index (χ1v) is 13.7. The zero-order valence-corrected chi connectivity index (χ0v) is 22.2. The molecule has 4 N–H and O–H groups in total. The summed E-state index contributed by atoms with van der Waals surface area (Å²) < 4.78 is 31.8. The molecule has 13 heteroatoms. The van der Waals surface area contributed by atoms with Crippen LogP contribution in [0.1, 0.15) is 52.9 Å². The van der Waals surface area contributed by atoms with E-state index in [1.165, 1.54) is 12.2 Å². The van der Waals surface area contributed by atoms with E-state index >= 15 is 0 Å². The molecule has 1 aliphatic heterocycles. The SMILES string of the molecule is C=CC[C@]1(O)C[C@@H](C(=O)N[C@]2(C(=O)NS(=O)(=O)C3CC3)C[C@H]2C=C)N(C(=O)CNC(=O)OC(C)(C)C)C1. The van der Waals surface area contributed by atoms with Gasteiger partial charge in [-0.05, 0) is 46.5 Å². The molecule has 0 aromatic heterocycles. The first-order chi connectivity index (χ1) is 17.1. The van der Waals surface area contributed by atoms with Gasteiger partial charge in [-0.3, -0.25) is 19.1 Å². The number of aliphatic hydroxyl groups is 1. The standard InChI is InChI=1S/C24H36N4O8S/c1-6-10-23(33)12-17(28(14-23)18(29)13-25-21(32)36-22(3,4)5)19(30)26-24(11-15(24)7-2)20(31)27-37(34,35)16-8-9-16/h6-7,15-17,33H,1-2,8-14H2,3-5H3,(H,25,32)(H,26,30)(H,27,31)/t15-,17+,23+,24-/m1/s1. The Kier molecular flexibility index (Phi) is 7.81. The fourth-order valence-corrected chi connectivity index (χ4v) is 5.82. The molecule has 2 saturated carbocycles. The Morgan fingerprint density at radius 3 is 2.32 bits per heavy atom. The van der Waals surface area contributed by atoms with E-state index in [0.717, 1.165) is 4.90 Å². The highest BCUT2D eigenvalue weighted by Crippen LogP contribution is 2.45. The molecule has 3 fully saturated rings. The zero-order valence-electron chi connectivity index (χ0n) is 21.4. The number of carbonyl (C=O) groups is 4. The van der Waals surface area contributed by atoms with Crippen molar-refractivity contribution in [1.29, 1.82) is 0 Å². The lowest BCUT2D eigenvalue weighted by Gasteiger charge is -2.27. The molecule has 2 aliphatic carbocycles. The van der Waals surface area contributed by atoms with E-state index < -0.39 is 74.3 Å². The quantitative estimate of drug-likeness (QED) is 0.282. The highest BCUT2D eigenvalue weighted by Gasteiger charge is 2.62. The monoisotopic (exact) mass is 540 g/mol. The molecule has 12 nitrogen and oxygen atoms in total. The molecule has 3 aliphatic rings. The third-order valence-corrected chi connectivity index (χ3v) is 8.41. The number of hydrogen-bond donors (Lipinski definition) is 4. The highest BCUT2D eigenvalue weighted by molar-refractivity contribution is 7.91. The summed E-state index contributed by atoms with van der Waals surface area (Å²) >= 11 is 0. The molecule has 0 unspecified atom stereocenters. The smallest absolute Gasteiger partial charge is 0.408 e. The van der Waals surface area contributed by atoms with Crippen LogP contribution in [-0.4, -0.2) is 83.4 Å². The Bertz CT molecular complexity index is 1100. The van der Waals surface area contributed by atoms with Gasteiger partial charge in [-0.25, -0.2) is 13.2 Å². The highest BCUT2D eigenvalue weighted by atomic mass is 32.2. The van der Waals surface area contributed by atoms with Gasteiger partial charge in [0.15, 0.2) is 0 Å². The molecule has 206 valence electrons. The average molecular weight is 541 g/mol. The molecular weight excluding hydrogens is 504 g/mol. The van der Waals surface area contributed by atoms with Crippen molar-refractivity contribution in [2.24, 2.45) is 5.92 Å². The third-order valence-electron chi connectivity index (χ3n) is 6.59. The molecule has 0 radical (unpaired) electrons. The zero-order chi connectivity index (χ0) is 27.8. The summed E-state index contributed by atoms with van der Waals surface area (Å²) in [5.41, 5.74) is -3.75. The Labute approximate surface area is 216 Å². The molecule has 0 spiro atoms. The molecule has 1 saturated heterocycles. The molecule has 4 atom stereocenters. The number of amides is 4. The van der Waals surface area contributed by atoms with E-state index in [-0.39, 0.29) is 25.8 Å². The van der Waals surface area contributed by atoms with Crippen LogP contribution in [0.25, 0.3) is 0 Å². The van der Waals surface area contributed by atoms with Gasteiger partial charge in [-0.15, -0.1) is 13.2 Å². The number of alkyl carbamates (subject to hydrolysis) is 1. The minimum Gasteiger partial charge on any atom is -0.444 e. The van der Waals surface area contributed by atoms with E-state index in [9.17, 15) is 32.7 Å². The van der Waals surface area contributed by atoms with Gasteiger partial charge in [-0.1, -0.05) is 12.2 Å². The second-order valence-corrected chi connectivity index (χ2v) is 13.0. The van der Waals surface area contributed by atoms with Crippen LogP contribution in [-0.2, 0) is 29.1 Å². The molecule has 4 amide bonds. The summed E-state index contributed by atoms with van der Waals surface area (Å²) in [7, 11) is -3.85. The van der Waals surface area contributed by atoms with Gasteiger partial charge in [0.25, 0.3) is 5.91 Å². The fraction of sp³-hybridized carbons (Fsp3) is 0.667. The Morgan fingerprint density at radius 2 is 1.81 bits per heavy atom. The second kappa shape index (κ2) is 10.1. The lowest BCUT2D eigenvalue weighted by molar-refractivity contribution is -0.139. The van der Waals surface area contributed by atoms with Crippen molar-refractivity contribution in [2.75, 3.05) is 13.1 Å². The van der Waals surface area contributed by atoms with Crippen molar-refractivity contribution in [2.45, 2.75) is 80.9 Å². The van der Waals surface area contributed by atoms with Gasteiger partial charge in [0.1, 0.15) is 23.7 Å². The minimum absolute atomic E-state index is 0.0978. The first-order valence-electron chi connectivity index (χ1n) is 12.2. The van der Waals surface area contributed by atoms with Crippen LogP contribution in [0.2, 0.25) is 0 Å². The predicted molar refractivity (Wildman–Crippen MR) is 133 cm³/mol. The van der Waals surface area contributed by atoms with Crippen LogP contribution in [0.15, 0.2) is 25.3 Å². The number of carbonyl (C=O) groups excluding carboxylic acids is 4. The third kappa shape index (κ3) is 6.69. The van der Waals surface area contributed by atoms with Crippen molar-refractivity contribution >= 4 is 33.8 Å².